The third-order valence-electron chi connectivity index (χ3n) is 5.78. The lowest BCUT2D eigenvalue weighted by molar-refractivity contribution is 0.0374. The van der Waals surface area contributed by atoms with Crippen LogP contribution in [0.3, 0.4) is 0 Å². The van der Waals surface area contributed by atoms with Gasteiger partial charge in [-0.2, -0.15) is 0 Å². The van der Waals surface area contributed by atoms with Crippen molar-refractivity contribution >= 4 is 11.7 Å². The maximum Gasteiger partial charge on any atom is 0.251 e. The first-order valence-electron chi connectivity index (χ1n) is 11.5. The summed E-state index contributed by atoms with van der Waals surface area (Å²) >= 11 is 0. The zero-order valence-corrected chi connectivity index (χ0v) is 19.0. The van der Waals surface area contributed by atoms with Crippen LogP contribution in [-0.4, -0.2) is 60.2 Å². The maximum absolute atomic E-state index is 12.5. The molecule has 2 N–H and O–H groups in total. The number of rotatable bonds is 9. The molecule has 172 valence electrons. The van der Waals surface area contributed by atoms with E-state index in [-0.39, 0.29) is 11.9 Å². The summed E-state index contributed by atoms with van der Waals surface area (Å²) in [5.74, 6) is 0.660. The number of morpholine rings is 1. The van der Waals surface area contributed by atoms with Gasteiger partial charge in [0.25, 0.3) is 5.91 Å². The number of carbonyl (C=O) groups excluding carboxylic acids is 1. The van der Waals surface area contributed by atoms with Crippen LogP contribution < -0.4 is 10.6 Å². The summed E-state index contributed by atoms with van der Waals surface area (Å²) in [5, 5.41) is 6.41. The Morgan fingerprint density at radius 1 is 1.06 bits per heavy atom. The minimum Gasteiger partial charge on any atom is -0.379 e. The molecule has 33 heavy (non-hydrogen) atoms. The molecular formula is C26H31N5O2. The second-order valence-electron chi connectivity index (χ2n) is 8.21. The highest BCUT2D eigenvalue weighted by molar-refractivity contribution is 5.94. The number of carbonyl (C=O) groups is 1. The Morgan fingerprint density at radius 3 is 2.58 bits per heavy atom. The first kappa shape index (κ1) is 22.9. The summed E-state index contributed by atoms with van der Waals surface area (Å²) in [4.78, 5) is 23.9. The van der Waals surface area contributed by atoms with Crippen molar-refractivity contribution in [1.82, 2.24) is 20.2 Å². The third kappa shape index (κ3) is 6.60. The van der Waals surface area contributed by atoms with Gasteiger partial charge >= 0.3 is 0 Å². The topological polar surface area (TPSA) is 79.4 Å². The molecule has 1 aromatic heterocycles. The van der Waals surface area contributed by atoms with Crippen LogP contribution >= 0.6 is 0 Å². The van der Waals surface area contributed by atoms with Crippen molar-refractivity contribution < 1.29 is 9.53 Å². The van der Waals surface area contributed by atoms with Gasteiger partial charge in [-0.25, -0.2) is 4.98 Å². The molecule has 2 heterocycles. The Morgan fingerprint density at radius 2 is 1.82 bits per heavy atom. The van der Waals surface area contributed by atoms with E-state index in [9.17, 15) is 4.79 Å². The fraction of sp³-hybridized carbons (Fsp3) is 0.346. The minimum absolute atomic E-state index is 0.0540. The average Bonchev–Trinajstić information content (AvgIpc) is 2.88. The van der Waals surface area contributed by atoms with Crippen LogP contribution in [0.5, 0.6) is 0 Å². The van der Waals surface area contributed by atoms with Crippen LogP contribution in [0.2, 0.25) is 0 Å². The number of nitrogens with zero attached hydrogens (tertiary/aromatic N) is 3. The highest BCUT2D eigenvalue weighted by atomic mass is 16.5. The molecule has 0 bridgehead atoms. The number of anilines is 1. The molecule has 1 saturated heterocycles. The highest BCUT2D eigenvalue weighted by Crippen LogP contribution is 2.21. The van der Waals surface area contributed by atoms with E-state index in [1.165, 1.54) is 5.56 Å². The lowest BCUT2D eigenvalue weighted by Crippen LogP contribution is -2.38. The van der Waals surface area contributed by atoms with Gasteiger partial charge in [0, 0.05) is 36.8 Å². The average molecular weight is 446 g/mol. The molecule has 1 aliphatic rings. The molecule has 1 aliphatic heterocycles. The van der Waals surface area contributed by atoms with E-state index in [1.807, 2.05) is 42.5 Å². The summed E-state index contributed by atoms with van der Waals surface area (Å²) in [6.07, 6.45) is 4.39. The number of ether oxygens (including phenoxy) is 1. The van der Waals surface area contributed by atoms with Crippen LogP contribution in [-0.2, 0) is 4.74 Å². The largest absolute Gasteiger partial charge is 0.379 e. The van der Waals surface area contributed by atoms with Crippen LogP contribution in [0, 0.1) is 0 Å². The lowest BCUT2D eigenvalue weighted by Gasteiger charge is -2.26. The maximum atomic E-state index is 12.5. The van der Waals surface area contributed by atoms with Crippen molar-refractivity contribution in [1.29, 1.82) is 0 Å². The molecule has 1 atom stereocenters. The first-order valence-corrected chi connectivity index (χ1v) is 11.5. The van der Waals surface area contributed by atoms with Crippen molar-refractivity contribution in [2.45, 2.75) is 19.4 Å². The van der Waals surface area contributed by atoms with Crippen molar-refractivity contribution in [3.8, 4) is 11.3 Å². The molecule has 4 rings (SSSR count). The summed E-state index contributed by atoms with van der Waals surface area (Å²) in [6.45, 7) is 7.28. The Kier molecular flexibility index (Phi) is 8.00. The highest BCUT2D eigenvalue weighted by Gasteiger charge is 2.11. The van der Waals surface area contributed by atoms with E-state index in [0.717, 1.165) is 50.5 Å². The van der Waals surface area contributed by atoms with Crippen molar-refractivity contribution in [3.63, 3.8) is 0 Å². The second kappa shape index (κ2) is 11.5. The SMILES string of the molecule is CC(Nc1cncc(-c2ccc(C(=O)NCCCN3CCOCC3)cc2)n1)c1ccccc1. The summed E-state index contributed by atoms with van der Waals surface area (Å²) < 4.78 is 5.36. The fourth-order valence-electron chi connectivity index (χ4n) is 3.85. The van der Waals surface area contributed by atoms with Crippen molar-refractivity contribution in [2.75, 3.05) is 44.7 Å². The van der Waals surface area contributed by atoms with Crippen LogP contribution in [0.25, 0.3) is 11.3 Å². The zero-order valence-electron chi connectivity index (χ0n) is 19.0. The van der Waals surface area contributed by atoms with Gasteiger partial charge in [0.05, 0.1) is 31.3 Å². The Hall–Kier alpha value is -3.29. The van der Waals surface area contributed by atoms with Crippen LogP contribution in [0.15, 0.2) is 67.0 Å². The molecule has 0 saturated carbocycles. The summed E-state index contributed by atoms with van der Waals surface area (Å²) in [7, 11) is 0. The monoisotopic (exact) mass is 445 g/mol. The summed E-state index contributed by atoms with van der Waals surface area (Å²) in [6, 6.07) is 17.8. The number of aromatic nitrogens is 2. The molecule has 0 aliphatic carbocycles. The normalized spacial score (nSPS) is 15.1. The molecular weight excluding hydrogens is 414 g/mol. The molecule has 0 radical (unpaired) electrons. The molecule has 1 amide bonds. The minimum atomic E-state index is -0.0540. The Bertz CT molecular complexity index is 1020. The van der Waals surface area contributed by atoms with Gasteiger partial charge in [-0.1, -0.05) is 42.5 Å². The summed E-state index contributed by atoms with van der Waals surface area (Å²) in [5.41, 5.74) is 3.51. The third-order valence-corrected chi connectivity index (χ3v) is 5.78. The molecule has 3 aromatic rings. The van der Waals surface area contributed by atoms with E-state index in [0.29, 0.717) is 17.9 Å². The molecule has 1 unspecified atom stereocenters. The second-order valence-corrected chi connectivity index (χ2v) is 8.21. The van der Waals surface area contributed by atoms with E-state index in [1.54, 1.807) is 12.4 Å². The van der Waals surface area contributed by atoms with Gasteiger partial charge in [0.1, 0.15) is 5.82 Å². The first-order chi connectivity index (χ1) is 16.2. The van der Waals surface area contributed by atoms with E-state index < -0.39 is 0 Å². The Labute approximate surface area is 195 Å². The predicted octanol–water partition coefficient (Wildman–Crippen LogP) is 3.77. The number of nitrogens with one attached hydrogen (secondary N) is 2. The quantitative estimate of drug-likeness (QED) is 0.488. The lowest BCUT2D eigenvalue weighted by atomic mass is 10.1. The predicted molar refractivity (Wildman–Crippen MR) is 130 cm³/mol. The molecule has 2 aromatic carbocycles. The van der Waals surface area contributed by atoms with E-state index in [2.05, 4.69) is 39.6 Å². The van der Waals surface area contributed by atoms with E-state index >= 15 is 0 Å². The van der Waals surface area contributed by atoms with Crippen LogP contribution in [0.1, 0.15) is 35.3 Å². The van der Waals surface area contributed by atoms with Gasteiger partial charge in [-0.15, -0.1) is 0 Å². The van der Waals surface area contributed by atoms with Gasteiger partial charge in [-0.3, -0.25) is 14.7 Å². The number of hydrogen-bond acceptors (Lipinski definition) is 6. The number of benzene rings is 2. The molecule has 7 nitrogen and oxygen atoms in total. The van der Waals surface area contributed by atoms with Gasteiger partial charge < -0.3 is 15.4 Å². The van der Waals surface area contributed by atoms with Crippen molar-refractivity contribution in [2.24, 2.45) is 0 Å². The van der Waals surface area contributed by atoms with Gasteiger partial charge in [0.15, 0.2) is 0 Å². The molecule has 0 spiro atoms. The number of amides is 1. The van der Waals surface area contributed by atoms with Gasteiger partial charge in [-0.05, 0) is 37.6 Å². The molecule has 1 fully saturated rings. The van der Waals surface area contributed by atoms with Gasteiger partial charge in [0.2, 0.25) is 0 Å². The Balaban J connectivity index is 1.30. The fourth-order valence-corrected chi connectivity index (χ4v) is 3.85. The van der Waals surface area contributed by atoms with E-state index in [4.69, 9.17) is 9.72 Å². The van der Waals surface area contributed by atoms with Crippen molar-refractivity contribution in [3.05, 3.63) is 78.1 Å². The van der Waals surface area contributed by atoms with Crippen LogP contribution in [0.4, 0.5) is 5.82 Å². The zero-order chi connectivity index (χ0) is 22.9. The number of hydrogen-bond donors (Lipinski definition) is 2. The standard InChI is InChI=1S/C26H31N5O2/c1-20(21-6-3-2-4-7-21)29-25-19-27-18-24(30-25)22-8-10-23(11-9-22)26(32)28-12-5-13-31-14-16-33-17-15-31/h2-4,6-11,18-20H,5,12-17H2,1H3,(H,28,32)(H,29,30). The smallest absolute Gasteiger partial charge is 0.251 e. The molecule has 7 heteroatoms.